The second-order valence-electron chi connectivity index (χ2n) is 6.01. The van der Waals surface area contributed by atoms with Gasteiger partial charge in [-0.1, -0.05) is 44.2 Å². The Bertz CT molecular complexity index is 905. The number of methoxy groups -OCH3 is 1. The average Bonchev–Trinajstić information content (AvgIpc) is 2.61. The molecule has 0 atom stereocenters. The van der Waals surface area contributed by atoms with Crippen molar-refractivity contribution in [3.05, 3.63) is 66.2 Å². The Balaban J connectivity index is 1.90. The minimum absolute atomic E-state index is 0.110. The van der Waals surface area contributed by atoms with Crippen LogP contribution in [0.3, 0.4) is 0 Å². The summed E-state index contributed by atoms with van der Waals surface area (Å²) in [5.41, 5.74) is 1.44. The predicted octanol–water partition coefficient (Wildman–Crippen LogP) is 5.60. The van der Waals surface area contributed by atoms with Crippen LogP contribution in [0.2, 0.25) is 0 Å². The SMILES string of the molecule is COc1ccc(NC(=O)c2cccc(SC(C)C)c2)c2ccccc12. The van der Waals surface area contributed by atoms with Crippen LogP contribution in [0.15, 0.2) is 65.6 Å². The molecule has 0 aromatic heterocycles. The lowest BCUT2D eigenvalue weighted by atomic mass is 10.1. The fourth-order valence-corrected chi connectivity index (χ4v) is 3.63. The van der Waals surface area contributed by atoms with Crippen LogP contribution in [0.1, 0.15) is 24.2 Å². The molecule has 3 nitrogen and oxygen atoms in total. The summed E-state index contributed by atoms with van der Waals surface area (Å²) in [7, 11) is 1.65. The molecule has 0 aliphatic rings. The van der Waals surface area contributed by atoms with Crippen LogP contribution in [0, 0.1) is 0 Å². The number of thioether (sulfide) groups is 1. The molecule has 0 saturated carbocycles. The van der Waals surface area contributed by atoms with E-state index in [1.54, 1.807) is 18.9 Å². The van der Waals surface area contributed by atoms with Gasteiger partial charge in [0.25, 0.3) is 5.91 Å². The highest BCUT2D eigenvalue weighted by Crippen LogP contribution is 2.32. The van der Waals surface area contributed by atoms with Crippen LogP contribution in [0.25, 0.3) is 10.8 Å². The van der Waals surface area contributed by atoms with Crippen LogP contribution in [0.4, 0.5) is 5.69 Å². The van der Waals surface area contributed by atoms with Gasteiger partial charge >= 0.3 is 0 Å². The van der Waals surface area contributed by atoms with Gasteiger partial charge in [0, 0.05) is 32.2 Å². The predicted molar refractivity (Wildman–Crippen MR) is 106 cm³/mol. The molecule has 3 rings (SSSR count). The van der Waals surface area contributed by atoms with Crippen LogP contribution < -0.4 is 10.1 Å². The first-order valence-corrected chi connectivity index (χ1v) is 9.10. The molecule has 0 radical (unpaired) electrons. The van der Waals surface area contributed by atoms with Crippen molar-refractivity contribution in [2.75, 3.05) is 12.4 Å². The van der Waals surface area contributed by atoms with E-state index in [1.165, 1.54) is 0 Å². The smallest absolute Gasteiger partial charge is 0.255 e. The van der Waals surface area contributed by atoms with E-state index in [1.807, 2.05) is 60.7 Å². The van der Waals surface area contributed by atoms with Gasteiger partial charge in [-0.3, -0.25) is 4.79 Å². The number of ether oxygens (including phenoxy) is 1. The monoisotopic (exact) mass is 351 g/mol. The highest BCUT2D eigenvalue weighted by Gasteiger charge is 2.11. The standard InChI is InChI=1S/C21H21NO2S/c1-14(2)25-16-8-6-7-15(13-16)21(23)22-19-11-12-20(24-3)18-10-5-4-9-17(18)19/h4-14H,1-3H3,(H,22,23). The molecular formula is C21H21NO2S. The third-order valence-electron chi connectivity index (χ3n) is 3.82. The summed E-state index contributed by atoms with van der Waals surface area (Å²) in [6, 6.07) is 19.4. The van der Waals surface area contributed by atoms with Gasteiger partial charge in [-0.15, -0.1) is 11.8 Å². The Kier molecular flexibility index (Phi) is 5.29. The van der Waals surface area contributed by atoms with Crippen molar-refractivity contribution in [2.24, 2.45) is 0 Å². The summed E-state index contributed by atoms with van der Waals surface area (Å²) >= 11 is 1.75. The maximum absolute atomic E-state index is 12.7. The van der Waals surface area contributed by atoms with Crippen molar-refractivity contribution >= 4 is 34.1 Å². The first-order chi connectivity index (χ1) is 12.1. The van der Waals surface area contributed by atoms with Gasteiger partial charge in [0.05, 0.1) is 7.11 Å². The number of rotatable bonds is 5. The summed E-state index contributed by atoms with van der Waals surface area (Å²) in [4.78, 5) is 13.8. The molecule has 1 amide bonds. The molecule has 3 aromatic rings. The van der Waals surface area contributed by atoms with Gasteiger partial charge in [0.1, 0.15) is 5.75 Å². The minimum atomic E-state index is -0.110. The first kappa shape index (κ1) is 17.4. The fourth-order valence-electron chi connectivity index (χ4n) is 2.74. The van der Waals surface area contributed by atoms with E-state index in [0.717, 1.165) is 27.1 Å². The molecule has 25 heavy (non-hydrogen) atoms. The zero-order chi connectivity index (χ0) is 17.8. The van der Waals surface area contributed by atoms with Crippen molar-refractivity contribution in [1.82, 2.24) is 0 Å². The van der Waals surface area contributed by atoms with Crippen molar-refractivity contribution in [3.63, 3.8) is 0 Å². The van der Waals surface area contributed by atoms with Crippen LogP contribution >= 0.6 is 11.8 Å². The molecule has 0 heterocycles. The topological polar surface area (TPSA) is 38.3 Å². The number of amides is 1. The zero-order valence-electron chi connectivity index (χ0n) is 14.6. The molecule has 0 spiro atoms. The molecule has 128 valence electrons. The summed E-state index contributed by atoms with van der Waals surface area (Å²) in [5, 5.41) is 5.44. The molecule has 3 aromatic carbocycles. The van der Waals surface area contributed by atoms with Crippen molar-refractivity contribution in [1.29, 1.82) is 0 Å². The number of carbonyl (C=O) groups is 1. The van der Waals surface area contributed by atoms with Gasteiger partial charge in [0.15, 0.2) is 0 Å². The van der Waals surface area contributed by atoms with Crippen LogP contribution in [0.5, 0.6) is 5.75 Å². The number of anilines is 1. The second kappa shape index (κ2) is 7.62. The normalized spacial score (nSPS) is 10.9. The largest absolute Gasteiger partial charge is 0.496 e. The van der Waals surface area contributed by atoms with E-state index < -0.39 is 0 Å². The Morgan fingerprint density at radius 3 is 2.48 bits per heavy atom. The quantitative estimate of drug-likeness (QED) is 0.608. The van der Waals surface area contributed by atoms with Gasteiger partial charge in [-0.25, -0.2) is 0 Å². The lowest BCUT2D eigenvalue weighted by Gasteiger charge is -2.12. The molecule has 4 heteroatoms. The third-order valence-corrected chi connectivity index (χ3v) is 4.82. The van der Waals surface area contributed by atoms with Gasteiger partial charge in [-0.05, 0) is 30.3 Å². The van der Waals surface area contributed by atoms with Crippen molar-refractivity contribution in [3.8, 4) is 5.75 Å². The summed E-state index contributed by atoms with van der Waals surface area (Å²) in [6.07, 6.45) is 0. The molecule has 0 saturated heterocycles. The highest BCUT2D eigenvalue weighted by molar-refractivity contribution is 7.99. The van der Waals surface area contributed by atoms with Crippen LogP contribution in [-0.4, -0.2) is 18.3 Å². The maximum atomic E-state index is 12.7. The molecular weight excluding hydrogens is 330 g/mol. The second-order valence-corrected chi connectivity index (χ2v) is 7.66. The van der Waals surface area contributed by atoms with Crippen molar-refractivity contribution < 1.29 is 9.53 Å². The van der Waals surface area contributed by atoms with E-state index in [2.05, 4.69) is 19.2 Å². The van der Waals surface area contributed by atoms with E-state index in [9.17, 15) is 4.79 Å². The molecule has 1 N–H and O–H groups in total. The summed E-state index contributed by atoms with van der Waals surface area (Å²) < 4.78 is 5.41. The number of hydrogen-bond donors (Lipinski definition) is 1. The van der Waals surface area contributed by atoms with Crippen molar-refractivity contribution in [2.45, 2.75) is 24.0 Å². The molecule has 0 fully saturated rings. The highest BCUT2D eigenvalue weighted by atomic mass is 32.2. The Morgan fingerprint density at radius 1 is 1.00 bits per heavy atom. The van der Waals surface area contributed by atoms with E-state index in [0.29, 0.717) is 10.8 Å². The Hall–Kier alpha value is -2.46. The third kappa shape index (κ3) is 3.97. The molecule has 0 aliphatic heterocycles. The number of benzene rings is 3. The Labute approximate surface area is 152 Å². The number of nitrogens with one attached hydrogen (secondary N) is 1. The number of fused-ring (bicyclic) bond motifs is 1. The zero-order valence-corrected chi connectivity index (χ0v) is 15.4. The van der Waals surface area contributed by atoms with Gasteiger partial charge in [-0.2, -0.15) is 0 Å². The lowest BCUT2D eigenvalue weighted by Crippen LogP contribution is -2.12. The molecule has 0 aliphatic carbocycles. The van der Waals surface area contributed by atoms with E-state index >= 15 is 0 Å². The minimum Gasteiger partial charge on any atom is -0.496 e. The fraction of sp³-hybridized carbons (Fsp3) is 0.190. The van der Waals surface area contributed by atoms with Gasteiger partial charge in [0.2, 0.25) is 0 Å². The summed E-state index contributed by atoms with van der Waals surface area (Å²) in [6.45, 7) is 4.28. The Morgan fingerprint density at radius 2 is 1.76 bits per heavy atom. The number of carbonyl (C=O) groups excluding carboxylic acids is 1. The number of hydrogen-bond acceptors (Lipinski definition) is 3. The van der Waals surface area contributed by atoms with E-state index in [-0.39, 0.29) is 5.91 Å². The first-order valence-electron chi connectivity index (χ1n) is 8.22. The summed E-state index contributed by atoms with van der Waals surface area (Å²) in [5.74, 6) is 0.686. The molecule has 0 bridgehead atoms. The average molecular weight is 351 g/mol. The van der Waals surface area contributed by atoms with Crippen LogP contribution in [-0.2, 0) is 0 Å². The molecule has 0 unspecified atom stereocenters. The maximum Gasteiger partial charge on any atom is 0.255 e. The lowest BCUT2D eigenvalue weighted by molar-refractivity contribution is 0.102. The van der Waals surface area contributed by atoms with Gasteiger partial charge < -0.3 is 10.1 Å². The van der Waals surface area contributed by atoms with E-state index in [4.69, 9.17) is 4.74 Å².